The zero-order chi connectivity index (χ0) is 15.6. The van der Waals surface area contributed by atoms with Crippen LogP contribution in [-0.2, 0) is 9.53 Å². The minimum absolute atomic E-state index is 0.0319. The van der Waals surface area contributed by atoms with Crippen LogP contribution < -0.4 is 5.32 Å². The van der Waals surface area contributed by atoms with Crippen LogP contribution in [0.4, 0.5) is 9.18 Å². The summed E-state index contributed by atoms with van der Waals surface area (Å²) in [5.74, 6) is -0.974. The molecule has 0 spiro atoms. The Morgan fingerprint density at radius 1 is 1.48 bits per heavy atom. The number of rotatable bonds is 5. The summed E-state index contributed by atoms with van der Waals surface area (Å²) in [5, 5.41) is 12.6. The summed E-state index contributed by atoms with van der Waals surface area (Å²) in [4.78, 5) is 25.0. The van der Waals surface area contributed by atoms with Gasteiger partial charge in [0.05, 0.1) is 19.3 Å². The maximum absolute atomic E-state index is 13.1. The number of aliphatic hydroxyl groups is 1. The highest BCUT2D eigenvalue weighted by Gasteiger charge is 2.48. The average Bonchev–Trinajstić information content (AvgIpc) is 2.62. The monoisotopic (exact) mass is 296 g/mol. The first-order valence-electron chi connectivity index (χ1n) is 6.44. The van der Waals surface area contributed by atoms with Crippen LogP contribution in [0, 0.1) is 5.82 Å². The predicted molar refractivity (Wildman–Crippen MR) is 71.9 cm³/mol. The first-order valence-corrected chi connectivity index (χ1v) is 6.44. The molecule has 1 fully saturated rings. The van der Waals surface area contributed by atoms with Gasteiger partial charge in [-0.1, -0.05) is 12.1 Å². The molecular weight excluding hydrogens is 279 g/mol. The van der Waals surface area contributed by atoms with Gasteiger partial charge in [0.1, 0.15) is 11.4 Å². The van der Waals surface area contributed by atoms with Crippen molar-refractivity contribution in [2.75, 3.05) is 20.3 Å². The molecule has 0 saturated carbocycles. The summed E-state index contributed by atoms with van der Waals surface area (Å²) in [7, 11) is 1.43. The fraction of sp³-hybridized carbons (Fsp3) is 0.429. The topological polar surface area (TPSA) is 78.9 Å². The first-order chi connectivity index (χ1) is 9.87. The lowest BCUT2D eigenvalue weighted by Gasteiger charge is -2.21. The molecule has 1 aromatic rings. The van der Waals surface area contributed by atoms with E-state index in [0.29, 0.717) is 5.56 Å². The molecule has 0 radical (unpaired) electrons. The minimum atomic E-state index is -1.15. The minimum Gasteiger partial charge on any atom is -0.387 e. The highest BCUT2D eigenvalue weighted by atomic mass is 19.1. The molecule has 3 amide bonds. The van der Waals surface area contributed by atoms with E-state index in [4.69, 9.17) is 4.74 Å². The number of methoxy groups -OCH3 is 1. The van der Waals surface area contributed by atoms with Crippen molar-refractivity contribution in [3.8, 4) is 0 Å². The van der Waals surface area contributed by atoms with E-state index in [1.807, 2.05) is 0 Å². The third-order valence-corrected chi connectivity index (χ3v) is 3.37. The second-order valence-corrected chi connectivity index (χ2v) is 5.18. The number of carbonyl (C=O) groups excluding carboxylic acids is 2. The van der Waals surface area contributed by atoms with Gasteiger partial charge in [-0.05, 0) is 24.6 Å². The predicted octanol–water partition coefficient (Wildman–Crippen LogP) is 0.816. The van der Waals surface area contributed by atoms with Gasteiger partial charge in [0.15, 0.2) is 0 Å². The number of nitrogens with one attached hydrogen (secondary N) is 1. The quantitative estimate of drug-likeness (QED) is 0.788. The lowest BCUT2D eigenvalue weighted by molar-refractivity contribution is -0.133. The van der Waals surface area contributed by atoms with Crippen LogP contribution >= 0.6 is 0 Å². The van der Waals surface area contributed by atoms with Crippen LogP contribution in [-0.4, -0.2) is 47.7 Å². The molecule has 1 aliphatic heterocycles. The second kappa shape index (κ2) is 5.79. The Labute approximate surface area is 121 Å². The van der Waals surface area contributed by atoms with Crippen molar-refractivity contribution in [2.45, 2.75) is 18.6 Å². The molecule has 6 nitrogen and oxygen atoms in total. The molecule has 1 aromatic carbocycles. The van der Waals surface area contributed by atoms with Crippen LogP contribution in [0.2, 0.25) is 0 Å². The van der Waals surface area contributed by atoms with Gasteiger partial charge < -0.3 is 15.2 Å². The van der Waals surface area contributed by atoms with E-state index < -0.39 is 29.4 Å². The molecule has 21 heavy (non-hydrogen) atoms. The number of hydrogen-bond donors (Lipinski definition) is 2. The molecule has 2 rings (SSSR count). The van der Waals surface area contributed by atoms with Crippen LogP contribution in [0.5, 0.6) is 0 Å². The number of ether oxygens (including phenoxy) is 1. The summed E-state index contributed by atoms with van der Waals surface area (Å²) in [6, 6.07) is 4.79. The molecule has 0 bridgehead atoms. The third-order valence-electron chi connectivity index (χ3n) is 3.37. The molecule has 2 unspecified atom stereocenters. The van der Waals surface area contributed by atoms with Crippen molar-refractivity contribution in [3.05, 3.63) is 35.6 Å². The normalized spacial score (nSPS) is 23.3. The van der Waals surface area contributed by atoms with Crippen LogP contribution in [0.25, 0.3) is 0 Å². The van der Waals surface area contributed by atoms with Crippen molar-refractivity contribution < 1.29 is 23.8 Å². The molecule has 7 heteroatoms. The Morgan fingerprint density at radius 2 is 2.19 bits per heavy atom. The SMILES string of the molecule is COCC1(C)NC(=O)N(CC(O)c2cccc(F)c2)C1=O. The molecule has 1 heterocycles. The zero-order valence-corrected chi connectivity index (χ0v) is 11.8. The van der Waals surface area contributed by atoms with Crippen molar-refractivity contribution in [1.29, 1.82) is 0 Å². The fourth-order valence-electron chi connectivity index (χ4n) is 2.29. The molecule has 1 saturated heterocycles. The van der Waals surface area contributed by atoms with Gasteiger partial charge >= 0.3 is 6.03 Å². The number of amides is 3. The third kappa shape index (κ3) is 3.03. The van der Waals surface area contributed by atoms with Crippen molar-refractivity contribution in [2.24, 2.45) is 0 Å². The number of imide groups is 1. The highest BCUT2D eigenvalue weighted by molar-refractivity contribution is 6.06. The van der Waals surface area contributed by atoms with Crippen molar-refractivity contribution in [3.63, 3.8) is 0 Å². The van der Waals surface area contributed by atoms with Gasteiger partial charge in [0.25, 0.3) is 5.91 Å². The van der Waals surface area contributed by atoms with E-state index in [-0.39, 0.29) is 13.2 Å². The number of carbonyl (C=O) groups is 2. The molecule has 1 aliphatic rings. The number of nitrogens with zero attached hydrogens (tertiary/aromatic N) is 1. The molecule has 0 aromatic heterocycles. The van der Waals surface area contributed by atoms with Crippen LogP contribution in [0.3, 0.4) is 0 Å². The highest BCUT2D eigenvalue weighted by Crippen LogP contribution is 2.22. The van der Waals surface area contributed by atoms with Gasteiger partial charge in [-0.15, -0.1) is 0 Å². The molecule has 0 aliphatic carbocycles. The van der Waals surface area contributed by atoms with Crippen LogP contribution in [0.1, 0.15) is 18.6 Å². The number of halogens is 1. The fourth-order valence-corrected chi connectivity index (χ4v) is 2.29. The standard InChI is InChI=1S/C14H17FN2O4/c1-14(8-21-2)12(19)17(13(20)16-14)7-11(18)9-4-3-5-10(15)6-9/h3-6,11,18H,7-8H2,1-2H3,(H,16,20). The van der Waals surface area contributed by atoms with Gasteiger partial charge in [0, 0.05) is 7.11 Å². The molecule has 2 atom stereocenters. The van der Waals surface area contributed by atoms with Crippen molar-refractivity contribution >= 4 is 11.9 Å². The molecule has 2 N–H and O–H groups in total. The molecule has 114 valence electrons. The van der Waals surface area contributed by atoms with Crippen molar-refractivity contribution in [1.82, 2.24) is 10.2 Å². The van der Waals surface area contributed by atoms with Gasteiger partial charge in [-0.3, -0.25) is 9.69 Å². The Bertz CT molecular complexity index is 566. The first kappa shape index (κ1) is 15.4. The summed E-state index contributed by atoms with van der Waals surface area (Å²) < 4.78 is 18.1. The Kier molecular flexibility index (Phi) is 4.24. The van der Waals surface area contributed by atoms with E-state index in [0.717, 1.165) is 11.0 Å². The summed E-state index contributed by atoms with van der Waals surface area (Å²) in [5.41, 5.74) is -0.844. The van der Waals surface area contributed by atoms with E-state index in [2.05, 4.69) is 5.32 Å². The lowest BCUT2D eigenvalue weighted by Crippen LogP contribution is -2.48. The maximum atomic E-state index is 13.1. The largest absolute Gasteiger partial charge is 0.387 e. The van der Waals surface area contributed by atoms with Gasteiger partial charge in [-0.2, -0.15) is 0 Å². The van der Waals surface area contributed by atoms with E-state index >= 15 is 0 Å². The maximum Gasteiger partial charge on any atom is 0.325 e. The van der Waals surface area contributed by atoms with Crippen LogP contribution in [0.15, 0.2) is 24.3 Å². The Hall–Kier alpha value is -1.99. The van der Waals surface area contributed by atoms with E-state index in [9.17, 15) is 19.1 Å². The lowest BCUT2D eigenvalue weighted by atomic mass is 10.0. The van der Waals surface area contributed by atoms with E-state index in [1.165, 1.54) is 25.3 Å². The molecular formula is C14H17FN2O4. The number of urea groups is 1. The Balaban J connectivity index is 2.12. The number of β-amino-alcohol motifs (C(OH)–C–C–N with tert-alkyl or cyclic N) is 1. The van der Waals surface area contributed by atoms with E-state index in [1.54, 1.807) is 6.92 Å². The smallest absolute Gasteiger partial charge is 0.325 e. The van der Waals surface area contributed by atoms with Gasteiger partial charge in [0.2, 0.25) is 0 Å². The summed E-state index contributed by atoms with van der Waals surface area (Å²) >= 11 is 0. The Morgan fingerprint density at radius 3 is 2.81 bits per heavy atom. The number of aliphatic hydroxyl groups excluding tert-OH is 1. The number of hydrogen-bond acceptors (Lipinski definition) is 4. The van der Waals surface area contributed by atoms with Gasteiger partial charge in [-0.25, -0.2) is 9.18 Å². The summed E-state index contributed by atoms with van der Waals surface area (Å²) in [6.45, 7) is 1.34. The summed E-state index contributed by atoms with van der Waals surface area (Å²) in [6.07, 6.45) is -1.15. The number of benzene rings is 1. The zero-order valence-electron chi connectivity index (χ0n) is 11.8. The second-order valence-electron chi connectivity index (χ2n) is 5.18. The average molecular weight is 296 g/mol.